The van der Waals surface area contributed by atoms with Gasteiger partial charge in [-0.1, -0.05) is 117 Å². The molecule has 1 aromatic carbocycles. The molecule has 412 valence electrons. The summed E-state index contributed by atoms with van der Waals surface area (Å²) in [4.78, 5) is 126. The summed E-state index contributed by atoms with van der Waals surface area (Å²) in [5, 5.41) is 22.1. The molecule has 0 spiro atoms. The molecule has 0 bridgehead atoms. The van der Waals surface area contributed by atoms with E-state index in [0.29, 0.717) is 18.4 Å². The Kier molecular flexibility index (Phi) is 31.1. The molecule has 1 aliphatic heterocycles. The second-order valence-corrected chi connectivity index (χ2v) is 20.3. The molecule has 1 aliphatic rings. The molecule has 14 N–H and O–H groups in total. The van der Waals surface area contributed by atoms with Crippen molar-refractivity contribution in [2.45, 2.75) is 199 Å². The molecular formula is C53H91N11O9. The summed E-state index contributed by atoms with van der Waals surface area (Å²) >= 11 is 0. The Morgan fingerprint density at radius 3 is 1.70 bits per heavy atom. The molecule has 1 fully saturated rings. The largest absolute Gasteiger partial charge is 0.354 e. The molecule has 20 heteroatoms. The second kappa shape index (κ2) is 35.6. The quantitative estimate of drug-likeness (QED) is 0.0625. The molecule has 73 heavy (non-hydrogen) atoms. The van der Waals surface area contributed by atoms with E-state index in [-0.39, 0.29) is 108 Å². The van der Waals surface area contributed by atoms with Gasteiger partial charge >= 0.3 is 0 Å². The van der Waals surface area contributed by atoms with Gasteiger partial charge in [-0.25, -0.2) is 0 Å². The molecule has 0 unspecified atom stereocenters. The lowest BCUT2D eigenvalue weighted by Crippen LogP contribution is -2.59. The van der Waals surface area contributed by atoms with Crippen LogP contribution < -0.4 is 59.7 Å². The fourth-order valence-corrected chi connectivity index (χ4v) is 8.79. The van der Waals surface area contributed by atoms with Crippen LogP contribution in [0.1, 0.15) is 156 Å². The molecule has 1 heterocycles. The minimum absolute atomic E-state index is 0.00778. The van der Waals surface area contributed by atoms with Crippen LogP contribution in [0.25, 0.3) is 0 Å². The number of unbranched alkanes of at least 4 members (excludes halogenated alkanes) is 6. The Morgan fingerprint density at radius 2 is 1.14 bits per heavy atom. The van der Waals surface area contributed by atoms with E-state index in [1.54, 1.807) is 30.3 Å². The van der Waals surface area contributed by atoms with Gasteiger partial charge in [0.25, 0.3) is 0 Å². The first kappa shape index (κ1) is 63.6. The molecule has 8 amide bonds. The van der Waals surface area contributed by atoms with Crippen LogP contribution in [0.4, 0.5) is 0 Å². The standard InChI is InChI=1S/C53H91N11O9/c1-7-9-10-11-12-13-17-21-46(66)58-39(22-26-54)50(70)62-42-25-29-57-48(68)44(31-35(5)6)64-49(69)38(18-8-2)60-51(71)40(23-27-55)59-47(67)37(30-34(3)4)33-45(65)43(32-36-19-15-14-16-20-36)63-52(72)41(24-28-56)61-53(42)73/h14-16,19-20,34-35,37-44H,7-13,17-18,21-33,54-56H2,1-6H3,(H,57,68)(H,58,66)(H,59,67)(H,60,71)(H,61,73)(H,62,70)(H,63,72)(H,64,69)/t37-,38+,39-,40+,41+,42+,43-,44+/m1/s1. The van der Waals surface area contributed by atoms with Crippen molar-refractivity contribution >= 4 is 53.0 Å². The van der Waals surface area contributed by atoms with Crippen molar-refractivity contribution in [3.8, 4) is 0 Å². The van der Waals surface area contributed by atoms with Crippen LogP contribution in [-0.2, 0) is 49.6 Å². The Balaban J connectivity index is 2.67. The van der Waals surface area contributed by atoms with E-state index in [1.165, 1.54) is 0 Å². The summed E-state index contributed by atoms with van der Waals surface area (Å²) in [6.07, 6.45) is 7.83. The van der Waals surface area contributed by atoms with E-state index in [1.807, 2.05) is 34.6 Å². The van der Waals surface area contributed by atoms with Crippen LogP contribution in [-0.4, -0.2) is 122 Å². The summed E-state index contributed by atoms with van der Waals surface area (Å²) in [6, 6.07) is 0.608. The van der Waals surface area contributed by atoms with E-state index in [4.69, 9.17) is 17.2 Å². The predicted molar refractivity (Wildman–Crippen MR) is 282 cm³/mol. The van der Waals surface area contributed by atoms with Crippen molar-refractivity contribution in [1.82, 2.24) is 42.5 Å². The van der Waals surface area contributed by atoms with Crippen molar-refractivity contribution < 1.29 is 43.2 Å². The smallest absolute Gasteiger partial charge is 0.243 e. The first-order chi connectivity index (χ1) is 34.9. The second-order valence-electron chi connectivity index (χ2n) is 20.3. The van der Waals surface area contributed by atoms with Crippen molar-refractivity contribution in [1.29, 1.82) is 0 Å². The van der Waals surface area contributed by atoms with Gasteiger partial charge in [-0.15, -0.1) is 0 Å². The molecule has 1 saturated heterocycles. The monoisotopic (exact) mass is 1030 g/mol. The number of amides is 8. The maximum absolute atomic E-state index is 14.5. The van der Waals surface area contributed by atoms with Gasteiger partial charge in [-0.3, -0.25) is 43.2 Å². The van der Waals surface area contributed by atoms with E-state index < -0.39 is 95.3 Å². The molecule has 8 atom stereocenters. The number of Topliss-reactive ketones (excluding diaryl/α,β-unsaturated/α-hetero) is 1. The number of rotatable bonds is 25. The molecule has 0 aliphatic carbocycles. The molecule has 0 aromatic heterocycles. The normalized spacial score (nSPS) is 22.8. The molecular weight excluding hydrogens is 935 g/mol. The van der Waals surface area contributed by atoms with Crippen LogP contribution >= 0.6 is 0 Å². The summed E-state index contributed by atoms with van der Waals surface area (Å²) < 4.78 is 0. The van der Waals surface area contributed by atoms with Gasteiger partial charge in [-0.2, -0.15) is 0 Å². The number of ketones is 1. The number of carbonyl (C=O) groups is 9. The minimum atomic E-state index is -1.39. The number of carbonyl (C=O) groups excluding carboxylic acids is 9. The van der Waals surface area contributed by atoms with Gasteiger partial charge in [0.1, 0.15) is 36.3 Å². The van der Waals surface area contributed by atoms with E-state index in [2.05, 4.69) is 49.5 Å². The minimum Gasteiger partial charge on any atom is -0.354 e. The Hall–Kier alpha value is -5.47. The lowest BCUT2D eigenvalue weighted by atomic mass is 9.88. The van der Waals surface area contributed by atoms with Gasteiger partial charge < -0.3 is 59.7 Å². The van der Waals surface area contributed by atoms with Crippen LogP contribution in [0.2, 0.25) is 0 Å². The molecule has 0 radical (unpaired) electrons. The van der Waals surface area contributed by atoms with Crippen LogP contribution in [0, 0.1) is 17.8 Å². The van der Waals surface area contributed by atoms with Crippen molar-refractivity contribution in [3.63, 3.8) is 0 Å². The highest BCUT2D eigenvalue weighted by molar-refractivity contribution is 5.98. The zero-order chi connectivity index (χ0) is 54.3. The Morgan fingerprint density at radius 1 is 0.603 bits per heavy atom. The van der Waals surface area contributed by atoms with Gasteiger partial charge in [0.05, 0.1) is 6.04 Å². The highest BCUT2D eigenvalue weighted by atomic mass is 16.2. The molecule has 2 rings (SSSR count). The zero-order valence-corrected chi connectivity index (χ0v) is 44.6. The first-order valence-corrected chi connectivity index (χ1v) is 26.9. The first-order valence-electron chi connectivity index (χ1n) is 26.9. The van der Waals surface area contributed by atoms with Crippen molar-refractivity contribution in [3.05, 3.63) is 35.9 Å². The van der Waals surface area contributed by atoms with Crippen molar-refractivity contribution in [2.24, 2.45) is 35.0 Å². The zero-order valence-electron chi connectivity index (χ0n) is 44.6. The number of nitrogens with one attached hydrogen (secondary N) is 8. The van der Waals surface area contributed by atoms with E-state index in [0.717, 1.165) is 38.5 Å². The van der Waals surface area contributed by atoms with Crippen LogP contribution in [0.15, 0.2) is 30.3 Å². The summed E-state index contributed by atoms with van der Waals surface area (Å²) in [7, 11) is 0. The molecule has 0 saturated carbocycles. The van der Waals surface area contributed by atoms with Gasteiger partial charge in [0, 0.05) is 25.3 Å². The highest BCUT2D eigenvalue weighted by Gasteiger charge is 2.35. The van der Waals surface area contributed by atoms with Crippen LogP contribution in [0.3, 0.4) is 0 Å². The van der Waals surface area contributed by atoms with E-state index >= 15 is 0 Å². The number of nitrogens with two attached hydrogens (primary N) is 3. The fraction of sp³-hybridized carbons (Fsp3) is 0.717. The number of hydrogen-bond acceptors (Lipinski definition) is 12. The summed E-state index contributed by atoms with van der Waals surface area (Å²) in [5.41, 5.74) is 18.5. The number of hydrogen-bond donors (Lipinski definition) is 11. The average molecular weight is 1030 g/mol. The molecule has 20 nitrogen and oxygen atoms in total. The van der Waals surface area contributed by atoms with Crippen LogP contribution in [0.5, 0.6) is 0 Å². The van der Waals surface area contributed by atoms with Gasteiger partial charge in [0.15, 0.2) is 5.78 Å². The van der Waals surface area contributed by atoms with Crippen molar-refractivity contribution in [2.75, 3.05) is 26.2 Å². The molecule has 1 aromatic rings. The summed E-state index contributed by atoms with van der Waals surface area (Å²) in [5.74, 6) is -6.68. The lowest BCUT2D eigenvalue weighted by Gasteiger charge is -2.27. The third kappa shape index (κ3) is 24.9. The maximum Gasteiger partial charge on any atom is 0.243 e. The third-order valence-electron chi connectivity index (χ3n) is 12.8. The topological polar surface area (TPSA) is 328 Å². The number of benzene rings is 1. The maximum atomic E-state index is 14.5. The Bertz CT molecular complexity index is 1890. The van der Waals surface area contributed by atoms with Gasteiger partial charge in [0.2, 0.25) is 47.3 Å². The summed E-state index contributed by atoms with van der Waals surface area (Å²) in [6.45, 7) is 11.3. The van der Waals surface area contributed by atoms with Gasteiger partial charge in [-0.05, 0) is 94.8 Å². The third-order valence-corrected chi connectivity index (χ3v) is 12.8. The lowest BCUT2D eigenvalue weighted by molar-refractivity contribution is -0.136. The SMILES string of the molecule is CCCCCCCCCC(=O)N[C@H](CCN)C(=O)N[C@H]1CCNC(=O)[C@H](CC(C)C)NC(=O)[C@H](CCC)NC(=O)[C@H](CCN)NC(=O)[C@H](CC(C)C)CC(=O)[C@@H](Cc2ccccc2)NC(=O)[C@H](CCN)NC1=O. The van der Waals surface area contributed by atoms with E-state index in [9.17, 15) is 43.2 Å². The Labute approximate surface area is 433 Å². The highest BCUT2D eigenvalue weighted by Crippen LogP contribution is 2.20. The average Bonchev–Trinajstić information content (AvgIpc) is 3.34. The fourth-order valence-electron chi connectivity index (χ4n) is 8.79. The predicted octanol–water partition coefficient (Wildman–Crippen LogP) is 1.80.